The Morgan fingerprint density at radius 1 is 0.950 bits per heavy atom. The van der Waals surface area contributed by atoms with Crippen molar-refractivity contribution in [3.63, 3.8) is 0 Å². The van der Waals surface area contributed by atoms with Gasteiger partial charge in [-0.1, -0.05) is 27.7 Å². The van der Waals surface area contributed by atoms with Gasteiger partial charge in [0.15, 0.2) is 0 Å². The van der Waals surface area contributed by atoms with Gasteiger partial charge in [-0.3, -0.25) is 0 Å². The third kappa shape index (κ3) is 5.68. The van der Waals surface area contributed by atoms with Crippen molar-refractivity contribution in [3.05, 3.63) is 0 Å². The van der Waals surface area contributed by atoms with Crippen LogP contribution in [0.2, 0.25) is 0 Å². The van der Waals surface area contributed by atoms with Crippen LogP contribution in [-0.2, 0) is 0 Å². The van der Waals surface area contributed by atoms with E-state index < -0.39 is 17.6 Å². The molecule has 4 heteroatoms. The van der Waals surface area contributed by atoms with Gasteiger partial charge in [-0.05, 0) is 49.4 Å². The lowest BCUT2D eigenvalue weighted by atomic mass is 9.66. The second-order valence-electron chi connectivity index (χ2n) is 6.74. The summed E-state index contributed by atoms with van der Waals surface area (Å²) in [5, 5.41) is 39.0. The molecule has 4 atom stereocenters. The molecule has 0 radical (unpaired) electrons. The molecule has 0 heterocycles. The summed E-state index contributed by atoms with van der Waals surface area (Å²) in [7, 11) is 0. The smallest absolute Gasteiger partial charge is 0.0852 e. The Morgan fingerprint density at radius 2 is 1.55 bits per heavy atom. The van der Waals surface area contributed by atoms with E-state index in [-0.39, 0.29) is 18.6 Å². The van der Waals surface area contributed by atoms with Crippen molar-refractivity contribution in [2.75, 3.05) is 13.2 Å². The van der Waals surface area contributed by atoms with E-state index in [1.807, 2.05) is 27.7 Å². The lowest BCUT2D eigenvalue weighted by Crippen LogP contribution is -2.44. The van der Waals surface area contributed by atoms with Crippen LogP contribution in [0.5, 0.6) is 0 Å². The maximum atomic E-state index is 10.5. The van der Waals surface area contributed by atoms with Crippen LogP contribution < -0.4 is 0 Å². The van der Waals surface area contributed by atoms with E-state index in [9.17, 15) is 15.3 Å². The summed E-state index contributed by atoms with van der Waals surface area (Å²) in [4.78, 5) is 0. The van der Waals surface area contributed by atoms with Gasteiger partial charge in [-0.25, -0.2) is 0 Å². The monoisotopic (exact) mass is 290 g/mol. The Bertz CT molecular complexity index is 253. The lowest BCUT2D eigenvalue weighted by molar-refractivity contribution is -0.0863. The second kappa shape index (κ2) is 8.98. The molecule has 0 aromatic rings. The molecule has 0 aliphatic carbocycles. The third-order valence-electron chi connectivity index (χ3n) is 4.86. The summed E-state index contributed by atoms with van der Waals surface area (Å²) in [6.07, 6.45) is 2.55. The molecule has 4 unspecified atom stereocenters. The summed E-state index contributed by atoms with van der Waals surface area (Å²) in [6.45, 7) is 8.26. The standard InChI is InChI=1S/C16H34O4/c1-5-15(3,12-18)11-16(4,6-2)14(20)13(19)9-7-8-10-17/h13-14,17-20H,5-12H2,1-4H3. The van der Waals surface area contributed by atoms with Crippen molar-refractivity contribution in [1.29, 1.82) is 0 Å². The van der Waals surface area contributed by atoms with Crippen LogP contribution >= 0.6 is 0 Å². The quantitative estimate of drug-likeness (QED) is 0.439. The minimum Gasteiger partial charge on any atom is -0.396 e. The molecule has 0 saturated carbocycles. The Hall–Kier alpha value is -0.160. The Balaban J connectivity index is 4.75. The number of hydrogen-bond donors (Lipinski definition) is 4. The number of unbranched alkanes of at least 4 members (excludes halogenated alkanes) is 1. The predicted octanol–water partition coefficient (Wildman–Crippen LogP) is 2.09. The van der Waals surface area contributed by atoms with Crippen LogP contribution in [0.4, 0.5) is 0 Å². The molecule has 0 bridgehead atoms. The molecule has 0 saturated heterocycles. The van der Waals surface area contributed by atoms with Crippen LogP contribution in [0.15, 0.2) is 0 Å². The largest absolute Gasteiger partial charge is 0.396 e. The minimum atomic E-state index is -0.802. The summed E-state index contributed by atoms with van der Waals surface area (Å²) in [5.41, 5.74) is -0.636. The first-order chi connectivity index (χ1) is 9.28. The Labute approximate surface area is 123 Å². The fourth-order valence-corrected chi connectivity index (χ4v) is 2.79. The average molecular weight is 290 g/mol. The average Bonchev–Trinajstić information content (AvgIpc) is 2.46. The van der Waals surface area contributed by atoms with Gasteiger partial charge in [-0.2, -0.15) is 0 Å². The molecule has 0 aromatic heterocycles. The predicted molar refractivity (Wildman–Crippen MR) is 81.4 cm³/mol. The maximum Gasteiger partial charge on any atom is 0.0852 e. The Morgan fingerprint density at radius 3 is 1.95 bits per heavy atom. The first kappa shape index (κ1) is 19.8. The molecular formula is C16H34O4. The highest BCUT2D eigenvalue weighted by Crippen LogP contribution is 2.42. The van der Waals surface area contributed by atoms with E-state index in [4.69, 9.17) is 5.11 Å². The number of rotatable bonds is 11. The van der Waals surface area contributed by atoms with Crippen molar-refractivity contribution in [1.82, 2.24) is 0 Å². The molecule has 0 aliphatic heterocycles. The number of aliphatic hydroxyl groups excluding tert-OH is 4. The SMILES string of the molecule is CCC(C)(CO)CC(C)(CC)C(O)C(O)CCCCO. The number of hydrogen-bond acceptors (Lipinski definition) is 4. The molecule has 20 heavy (non-hydrogen) atoms. The minimum absolute atomic E-state index is 0.0897. The van der Waals surface area contributed by atoms with Gasteiger partial charge in [0.2, 0.25) is 0 Å². The first-order valence-electron chi connectivity index (χ1n) is 7.86. The van der Waals surface area contributed by atoms with Crippen LogP contribution in [0.1, 0.15) is 66.2 Å². The highest BCUT2D eigenvalue weighted by molar-refractivity contribution is 4.91. The molecule has 4 N–H and O–H groups in total. The van der Waals surface area contributed by atoms with Crippen LogP contribution in [0.3, 0.4) is 0 Å². The van der Waals surface area contributed by atoms with Crippen molar-refractivity contribution in [2.24, 2.45) is 10.8 Å². The third-order valence-corrected chi connectivity index (χ3v) is 4.86. The molecule has 0 fully saturated rings. The second-order valence-corrected chi connectivity index (χ2v) is 6.74. The highest BCUT2D eigenvalue weighted by Gasteiger charge is 2.40. The van der Waals surface area contributed by atoms with E-state index in [0.29, 0.717) is 25.7 Å². The molecule has 0 aliphatic rings. The molecule has 0 spiro atoms. The fraction of sp³-hybridized carbons (Fsp3) is 1.00. The lowest BCUT2D eigenvalue weighted by Gasteiger charge is -2.42. The van der Waals surface area contributed by atoms with Crippen LogP contribution in [0, 0.1) is 10.8 Å². The first-order valence-corrected chi connectivity index (χ1v) is 7.86. The van der Waals surface area contributed by atoms with Crippen molar-refractivity contribution < 1.29 is 20.4 Å². The molecular weight excluding hydrogens is 256 g/mol. The summed E-state index contributed by atoms with van der Waals surface area (Å²) in [6, 6.07) is 0. The van der Waals surface area contributed by atoms with Gasteiger partial charge in [-0.15, -0.1) is 0 Å². The van der Waals surface area contributed by atoms with Gasteiger partial charge in [0.25, 0.3) is 0 Å². The summed E-state index contributed by atoms with van der Waals surface area (Å²) in [5.74, 6) is 0. The zero-order valence-corrected chi connectivity index (χ0v) is 13.6. The molecule has 122 valence electrons. The van der Waals surface area contributed by atoms with Gasteiger partial charge >= 0.3 is 0 Å². The van der Waals surface area contributed by atoms with Crippen LogP contribution in [-0.4, -0.2) is 45.8 Å². The zero-order chi connectivity index (χ0) is 15.8. The molecule has 0 rings (SSSR count). The molecule has 4 nitrogen and oxygen atoms in total. The fourth-order valence-electron chi connectivity index (χ4n) is 2.79. The van der Waals surface area contributed by atoms with Crippen LogP contribution in [0.25, 0.3) is 0 Å². The van der Waals surface area contributed by atoms with Gasteiger partial charge in [0, 0.05) is 13.2 Å². The van der Waals surface area contributed by atoms with Crippen molar-refractivity contribution in [2.45, 2.75) is 78.4 Å². The maximum absolute atomic E-state index is 10.5. The topological polar surface area (TPSA) is 80.9 Å². The van der Waals surface area contributed by atoms with Gasteiger partial charge in [0.05, 0.1) is 12.2 Å². The van der Waals surface area contributed by atoms with E-state index in [2.05, 4.69) is 0 Å². The van der Waals surface area contributed by atoms with E-state index in [0.717, 1.165) is 12.8 Å². The molecule has 0 aromatic carbocycles. The van der Waals surface area contributed by atoms with Gasteiger partial charge < -0.3 is 20.4 Å². The highest BCUT2D eigenvalue weighted by atomic mass is 16.3. The van der Waals surface area contributed by atoms with E-state index >= 15 is 0 Å². The van der Waals surface area contributed by atoms with Crippen molar-refractivity contribution in [3.8, 4) is 0 Å². The van der Waals surface area contributed by atoms with Crippen molar-refractivity contribution >= 4 is 0 Å². The normalized spacial score (nSPS) is 21.0. The number of aliphatic hydroxyl groups is 4. The van der Waals surface area contributed by atoms with Gasteiger partial charge in [0.1, 0.15) is 0 Å². The van der Waals surface area contributed by atoms with E-state index in [1.165, 1.54) is 0 Å². The summed E-state index contributed by atoms with van der Waals surface area (Å²) < 4.78 is 0. The van der Waals surface area contributed by atoms with E-state index in [1.54, 1.807) is 0 Å². The molecule has 0 amide bonds. The zero-order valence-electron chi connectivity index (χ0n) is 13.6. The summed E-state index contributed by atoms with van der Waals surface area (Å²) >= 11 is 0. The Kier molecular flexibility index (Phi) is 8.91.